The lowest BCUT2D eigenvalue weighted by Gasteiger charge is -2.00. The van der Waals surface area contributed by atoms with Gasteiger partial charge >= 0.3 is 0 Å². The second kappa shape index (κ2) is 6.41. The fourth-order valence-electron chi connectivity index (χ4n) is 1.47. The van der Waals surface area contributed by atoms with Crippen molar-refractivity contribution in [2.75, 3.05) is 0 Å². The Hall–Kier alpha value is -2.04. The van der Waals surface area contributed by atoms with E-state index in [-0.39, 0.29) is 9.70 Å². The smallest absolute Gasteiger partial charge is 0.260 e. The third-order valence-corrected chi connectivity index (χ3v) is 2.96. The van der Waals surface area contributed by atoms with Gasteiger partial charge < -0.3 is 10.4 Å². The summed E-state index contributed by atoms with van der Waals surface area (Å²) >= 11 is 11.5. The van der Waals surface area contributed by atoms with Gasteiger partial charge in [-0.05, 0) is 48.5 Å². The molecule has 2 rings (SSSR count). The van der Waals surface area contributed by atoms with Gasteiger partial charge in [-0.15, -0.1) is 0 Å². The van der Waals surface area contributed by atoms with Crippen LogP contribution in [0, 0.1) is 10.4 Å². The van der Waals surface area contributed by atoms with Crippen molar-refractivity contribution in [3.05, 3.63) is 80.1 Å². The van der Waals surface area contributed by atoms with Crippen molar-refractivity contribution in [2.45, 2.75) is 0 Å². The third kappa shape index (κ3) is 3.98. The lowest BCUT2D eigenvalue weighted by Crippen LogP contribution is -2.18. The zero-order chi connectivity index (χ0) is 14.5. The molecule has 0 atom stereocenters. The molecule has 0 saturated carbocycles. The van der Waals surface area contributed by atoms with Crippen LogP contribution < -0.4 is 0 Å². The molecule has 20 heavy (non-hydrogen) atoms. The van der Waals surface area contributed by atoms with Crippen LogP contribution in [0.4, 0.5) is 0 Å². The fourth-order valence-corrected chi connectivity index (χ4v) is 1.72. The summed E-state index contributed by atoms with van der Waals surface area (Å²) in [5.41, 5.74) is 1.16. The molecule has 0 aliphatic carbocycles. The highest BCUT2D eigenvalue weighted by Crippen LogP contribution is 2.09. The van der Waals surface area contributed by atoms with Crippen molar-refractivity contribution in [1.29, 1.82) is 0 Å². The average Bonchev–Trinajstić information content (AvgIpc) is 2.44. The van der Waals surface area contributed by atoms with Crippen LogP contribution in [0.15, 0.2) is 48.5 Å². The minimum atomic E-state index is 0.192. The summed E-state index contributed by atoms with van der Waals surface area (Å²) in [6.45, 7) is 0. The topological polar surface area (TPSA) is 52.1 Å². The first-order valence-corrected chi connectivity index (χ1v) is 6.44. The van der Waals surface area contributed by atoms with Gasteiger partial charge in [-0.25, -0.2) is 0 Å². The maximum absolute atomic E-state index is 11.7. The van der Waals surface area contributed by atoms with Crippen molar-refractivity contribution in [3.63, 3.8) is 0 Å². The Morgan fingerprint density at radius 2 is 0.950 bits per heavy atom. The van der Waals surface area contributed by atoms with Crippen LogP contribution in [-0.4, -0.2) is 22.1 Å². The quantitative estimate of drug-likeness (QED) is 0.377. The molecule has 6 heteroatoms. The van der Waals surface area contributed by atoms with Crippen molar-refractivity contribution in [3.8, 4) is 0 Å². The zero-order valence-corrected chi connectivity index (χ0v) is 11.8. The molecule has 0 spiro atoms. The highest BCUT2D eigenvalue weighted by molar-refractivity contribution is 6.30. The van der Waals surface area contributed by atoms with Gasteiger partial charge in [-0.1, -0.05) is 23.2 Å². The van der Waals surface area contributed by atoms with Crippen molar-refractivity contribution in [2.24, 2.45) is 0 Å². The SMILES string of the molecule is [O-][N+](=C\c1ccc(Cl)cc1)/[N+]([O-])=C\c1ccc(Cl)cc1. The van der Waals surface area contributed by atoms with E-state index in [0.29, 0.717) is 21.2 Å². The Morgan fingerprint density at radius 3 is 1.25 bits per heavy atom. The molecule has 0 aromatic heterocycles. The molecule has 0 unspecified atom stereocenters. The summed E-state index contributed by atoms with van der Waals surface area (Å²) in [6.07, 6.45) is 2.32. The van der Waals surface area contributed by atoms with Crippen molar-refractivity contribution >= 4 is 35.6 Å². The van der Waals surface area contributed by atoms with Crippen LogP contribution in [0.2, 0.25) is 10.0 Å². The minimum absolute atomic E-state index is 0.192. The number of nitrogens with zero attached hydrogens (tertiary/aromatic N) is 2. The van der Waals surface area contributed by atoms with Crippen molar-refractivity contribution in [1.82, 2.24) is 0 Å². The van der Waals surface area contributed by atoms with E-state index in [1.807, 2.05) is 0 Å². The fraction of sp³-hybridized carbons (Fsp3) is 0. The molecule has 102 valence electrons. The van der Waals surface area contributed by atoms with E-state index in [2.05, 4.69) is 0 Å². The van der Waals surface area contributed by atoms with Gasteiger partial charge in [0.25, 0.3) is 12.4 Å². The summed E-state index contributed by atoms with van der Waals surface area (Å²) in [5.74, 6) is 0. The summed E-state index contributed by atoms with van der Waals surface area (Å²) in [7, 11) is 0. The molecular formula is C14H10Cl2N2O2. The van der Waals surface area contributed by atoms with E-state index in [4.69, 9.17) is 23.2 Å². The number of benzene rings is 2. The Balaban J connectivity index is 2.21. The standard InChI is InChI=1S/C14H10Cl2N2O2/c15-13-5-1-11(2-6-13)9-17(19)18(20)10-12-3-7-14(16)8-4-12/h1-10H/b17-9-,18-10+. The molecule has 0 amide bonds. The van der Waals surface area contributed by atoms with Gasteiger partial charge in [0.05, 0.1) is 9.70 Å². The van der Waals surface area contributed by atoms with E-state index in [1.54, 1.807) is 48.5 Å². The molecule has 2 aromatic carbocycles. The first kappa shape index (κ1) is 14.4. The second-order valence-corrected chi connectivity index (χ2v) is 4.84. The number of hydrogen-bond acceptors (Lipinski definition) is 2. The summed E-state index contributed by atoms with van der Waals surface area (Å²) in [6, 6.07) is 13.1. The van der Waals surface area contributed by atoms with Gasteiger partial charge in [-0.2, -0.15) is 0 Å². The lowest BCUT2D eigenvalue weighted by atomic mass is 10.2. The maximum atomic E-state index is 11.7. The summed E-state index contributed by atoms with van der Waals surface area (Å²) in [4.78, 5) is 0.385. The van der Waals surface area contributed by atoms with Crippen LogP contribution in [-0.2, 0) is 0 Å². The Kier molecular flexibility index (Phi) is 4.61. The Morgan fingerprint density at radius 1 is 0.650 bits per heavy atom. The molecular weight excluding hydrogens is 299 g/mol. The highest BCUT2D eigenvalue weighted by atomic mass is 35.5. The van der Waals surface area contributed by atoms with Gasteiger partial charge in [0.2, 0.25) is 0 Å². The van der Waals surface area contributed by atoms with Gasteiger partial charge in [0, 0.05) is 21.2 Å². The number of rotatable bonds is 3. The second-order valence-electron chi connectivity index (χ2n) is 3.97. The first-order chi connectivity index (χ1) is 9.54. The van der Waals surface area contributed by atoms with E-state index in [9.17, 15) is 10.4 Å². The molecule has 0 radical (unpaired) electrons. The molecule has 0 aliphatic heterocycles. The first-order valence-electron chi connectivity index (χ1n) is 5.68. The number of halogens is 2. The summed E-state index contributed by atoms with van der Waals surface area (Å²) < 4.78 is 0. The molecule has 0 bridgehead atoms. The van der Waals surface area contributed by atoms with Crippen LogP contribution in [0.1, 0.15) is 11.1 Å². The Bertz CT molecular complexity index is 590. The Labute approximate surface area is 126 Å². The molecule has 0 heterocycles. The van der Waals surface area contributed by atoms with E-state index in [0.717, 1.165) is 12.4 Å². The predicted octanol–water partition coefficient (Wildman–Crippen LogP) is 3.47. The maximum Gasteiger partial charge on any atom is 0.260 e. The molecule has 0 fully saturated rings. The van der Waals surface area contributed by atoms with Crippen molar-refractivity contribution < 1.29 is 9.70 Å². The highest BCUT2D eigenvalue weighted by Gasteiger charge is 2.04. The van der Waals surface area contributed by atoms with Crippen LogP contribution in [0.3, 0.4) is 0 Å². The molecule has 4 nitrogen and oxygen atoms in total. The normalized spacial score (nSPS) is 12.5. The van der Waals surface area contributed by atoms with Crippen LogP contribution in [0.25, 0.3) is 0 Å². The molecule has 0 aliphatic rings. The molecule has 2 aromatic rings. The predicted molar refractivity (Wildman–Crippen MR) is 80.5 cm³/mol. The monoisotopic (exact) mass is 308 g/mol. The third-order valence-electron chi connectivity index (χ3n) is 2.45. The lowest BCUT2D eigenvalue weighted by molar-refractivity contribution is -1.05. The largest absolute Gasteiger partial charge is 0.561 e. The van der Waals surface area contributed by atoms with Gasteiger partial charge in [0.15, 0.2) is 0 Å². The van der Waals surface area contributed by atoms with Gasteiger partial charge in [0.1, 0.15) is 0 Å². The minimum Gasteiger partial charge on any atom is -0.561 e. The van der Waals surface area contributed by atoms with Crippen LogP contribution in [0.5, 0.6) is 0 Å². The average molecular weight is 309 g/mol. The molecule has 0 N–H and O–H groups in total. The van der Waals surface area contributed by atoms with Crippen LogP contribution >= 0.6 is 23.2 Å². The number of hydrogen-bond donors (Lipinski definition) is 0. The van der Waals surface area contributed by atoms with Gasteiger partial charge in [-0.3, -0.25) is 0 Å². The molecule has 0 saturated heterocycles. The van der Waals surface area contributed by atoms with E-state index in [1.165, 1.54) is 0 Å². The summed E-state index contributed by atoms with van der Waals surface area (Å²) in [5, 5.41) is 24.4. The number of hydrazine groups is 1. The zero-order valence-electron chi connectivity index (χ0n) is 10.2. The van der Waals surface area contributed by atoms with E-state index < -0.39 is 0 Å². The van der Waals surface area contributed by atoms with E-state index >= 15 is 0 Å². The number of hydrazone groups is 2.